The average Bonchev–Trinajstić information content (AvgIpc) is 2.53. The first kappa shape index (κ1) is 15.9. The number of hydrogen-bond acceptors (Lipinski definition) is 3. The zero-order valence-corrected chi connectivity index (χ0v) is 12.8. The Hall–Kier alpha value is -2.49. The third kappa shape index (κ3) is 3.79. The van der Waals surface area contributed by atoms with Gasteiger partial charge in [-0.15, -0.1) is 0 Å². The number of hydrogen-bond donors (Lipinski definition) is 1. The third-order valence-corrected chi connectivity index (χ3v) is 3.17. The fourth-order valence-electron chi connectivity index (χ4n) is 2.12. The molecule has 0 bridgehead atoms. The minimum atomic E-state index is -0.988. The van der Waals surface area contributed by atoms with Crippen molar-refractivity contribution in [3.05, 3.63) is 48.0 Å². The maximum Gasteiger partial charge on any atom is 0.339 e. The normalized spacial score (nSPS) is 10.3. The second-order valence-corrected chi connectivity index (χ2v) is 4.82. The molecule has 2 rings (SSSR count). The number of rotatable bonds is 7. The molecule has 22 heavy (non-hydrogen) atoms. The Morgan fingerprint density at radius 2 is 1.68 bits per heavy atom. The van der Waals surface area contributed by atoms with E-state index in [4.69, 9.17) is 9.47 Å². The largest absolute Gasteiger partial charge is 0.494 e. The van der Waals surface area contributed by atoms with E-state index in [1.54, 1.807) is 18.2 Å². The topological polar surface area (TPSA) is 55.8 Å². The van der Waals surface area contributed by atoms with Gasteiger partial charge in [-0.3, -0.25) is 0 Å². The number of ether oxygens (including phenoxy) is 2. The lowest BCUT2D eigenvalue weighted by Crippen LogP contribution is -2.02. The molecule has 0 radical (unpaired) electrons. The number of benzene rings is 2. The maximum atomic E-state index is 11.2. The smallest absolute Gasteiger partial charge is 0.339 e. The lowest BCUT2D eigenvalue weighted by atomic mass is 10.0. The van der Waals surface area contributed by atoms with Crippen molar-refractivity contribution in [3.8, 4) is 22.6 Å². The van der Waals surface area contributed by atoms with Gasteiger partial charge in [-0.25, -0.2) is 4.79 Å². The van der Waals surface area contributed by atoms with Crippen molar-refractivity contribution in [2.75, 3.05) is 13.2 Å². The van der Waals surface area contributed by atoms with Gasteiger partial charge in [-0.1, -0.05) is 25.1 Å². The van der Waals surface area contributed by atoms with E-state index in [2.05, 4.69) is 6.92 Å². The van der Waals surface area contributed by atoms with Crippen LogP contribution in [0, 0.1) is 0 Å². The molecule has 2 aromatic carbocycles. The zero-order valence-electron chi connectivity index (χ0n) is 12.8. The van der Waals surface area contributed by atoms with Crippen LogP contribution >= 0.6 is 0 Å². The first-order chi connectivity index (χ1) is 10.7. The Bertz CT molecular complexity index is 632. The van der Waals surface area contributed by atoms with Crippen LogP contribution in [0.15, 0.2) is 42.5 Å². The number of carboxylic acids is 1. The zero-order chi connectivity index (χ0) is 15.9. The van der Waals surface area contributed by atoms with E-state index in [1.807, 2.05) is 31.2 Å². The summed E-state index contributed by atoms with van der Waals surface area (Å²) in [5.74, 6) is 0.231. The molecule has 0 saturated heterocycles. The molecule has 0 spiro atoms. The van der Waals surface area contributed by atoms with E-state index in [0.717, 1.165) is 23.3 Å². The van der Waals surface area contributed by atoms with Crippen LogP contribution in [0.1, 0.15) is 30.6 Å². The molecule has 0 fully saturated rings. The molecule has 0 heterocycles. The van der Waals surface area contributed by atoms with Crippen LogP contribution < -0.4 is 9.47 Å². The summed E-state index contributed by atoms with van der Waals surface area (Å²) in [7, 11) is 0. The molecule has 0 aliphatic heterocycles. The molecular formula is C18H20O4. The van der Waals surface area contributed by atoms with E-state index in [0.29, 0.717) is 19.0 Å². The molecule has 2 aromatic rings. The lowest BCUT2D eigenvalue weighted by molar-refractivity contribution is 0.0692. The molecule has 0 aliphatic carbocycles. The monoisotopic (exact) mass is 300 g/mol. The average molecular weight is 300 g/mol. The summed E-state index contributed by atoms with van der Waals surface area (Å²) < 4.78 is 11.0. The molecule has 0 amide bonds. The lowest BCUT2D eigenvalue weighted by Gasteiger charge is -2.10. The van der Waals surface area contributed by atoms with Gasteiger partial charge in [-0.05, 0) is 48.7 Å². The van der Waals surface area contributed by atoms with Crippen LogP contribution in [0.3, 0.4) is 0 Å². The van der Waals surface area contributed by atoms with Crippen LogP contribution in [-0.2, 0) is 0 Å². The molecular weight excluding hydrogens is 280 g/mol. The van der Waals surface area contributed by atoms with E-state index in [1.165, 1.54) is 0 Å². The van der Waals surface area contributed by atoms with Crippen LogP contribution in [-0.4, -0.2) is 24.3 Å². The summed E-state index contributed by atoms with van der Waals surface area (Å²) in [6.07, 6.45) is 0.968. The van der Waals surface area contributed by atoms with Crippen molar-refractivity contribution < 1.29 is 19.4 Å². The minimum absolute atomic E-state index is 0.175. The van der Waals surface area contributed by atoms with Gasteiger partial charge in [-0.2, -0.15) is 0 Å². The summed E-state index contributed by atoms with van der Waals surface area (Å²) in [5.41, 5.74) is 2.07. The van der Waals surface area contributed by atoms with Crippen LogP contribution in [0.2, 0.25) is 0 Å². The molecule has 0 saturated carbocycles. The summed E-state index contributed by atoms with van der Waals surface area (Å²) in [4.78, 5) is 11.2. The second kappa shape index (κ2) is 7.50. The Morgan fingerprint density at radius 3 is 2.27 bits per heavy atom. The van der Waals surface area contributed by atoms with Crippen LogP contribution in [0.5, 0.6) is 11.5 Å². The maximum absolute atomic E-state index is 11.2. The molecule has 116 valence electrons. The van der Waals surface area contributed by atoms with Gasteiger partial charge >= 0.3 is 5.97 Å². The Kier molecular flexibility index (Phi) is 5.42. The predicted molar refractivity (Wildman–Crippen MR) is 85.8 cm³/mol. The van der Waals surface area contributed by atoms with Crippen molar-refractivity contribution >= 4 is 5.97 Å². The molecule has 0 atom stereocenters. The van der Waals surface area contributed by atoms with Gasteiger partial charge in [0.2, 0.25) is 0 Å². The van der Waals surface area contributed by atoms with E-state index < -0.39 is 5.97 Å². The van der Waals surface area contributed by atoms with Gasteiger partial charge < -0.3 is 14.6 Å². The van der Waals surface area contributed by atoms with Crippen molar-refractivity contribution in [1.82, 2.24) is 0 Å². The summed E-state index contributed by atoms with van der Waals surface area (Å²) in [6.45, 7) is 5.01. The summed E-state index contributed by atoms with van der Waals surface area (Å²) >= 11 is 0. The van der Waals surface area contributed by atoms with Crippen LogP contribution in [0.4, 0.5) is 0 Å². The van der Waals surface area contributed by atoms with Crippen molar-refractivity contribution in [2.45, 2.75) is 20.3 Å². The van der Waals surface area contributed by atoms with E-state index >= 15 is 0 Å². The number of aromatic carboxylic acids is 1. The molecule has 0 unspecified atom stereocenters. The van der Waals surface area contributed by atoms with Crippen LogP contribution in [0.25, 0.3) is 11.1 Å². The van der Waals surface area contributed by atoms with Gasteiger partial charge in [0.25, 0.3) is 0 Å². The third-order valence-electron chi connectivity index (χ3n) is 3.17. The van der Waals surface area contributed by atoms with E-state index in [-0.39, 0.29) is 5.56 Å². The van der Waals surface area contributed by atoms with Crippen molar-refractivity contribution in [3.63, 3.8) is 0 Å². The number of carboxylic acid groups (broad SMARTS) is 1. The van der Waals surface area contributed by atoms with Gasteiger partial charge in [0, 0.05) is 0 Å². The summed E-state index contributed by atoms with van der Waals surface area (Å²) in [5, 5.41) is 9.18. The molecule has 1 N–H and O–H groups in total. The first-order valence-corrected chi connectivity index (χ1v) is 7.39. The fraction of sp³-hybridized carbons (Fsp3) is 0.278. The predicted octanol–water partition coefficient (Wildman–Crippen LogP) is 4.24. The van der Waals surface area contributed by atoms with Gasteiger partial charge in [0.15, 0.2) is 0 Å². The molecule has 0 aromatic heterocycles. The van der Waals surface area contributed by atoms with Crippen molar-refractivity contribution in [1.29, 1.82) is 0 Å². The number of carbonyl (C=O) groups is 1. The van der Waals surface area contributed by atoms with Gasteiger partial charge in [0.1, 0.15) is 17.1 Å². The fourth-order valence-corrected chi connectivity index (χ4v) is 2.12. The molecule has 4 nitrogen and oxygen atoms in total. The highest BCUT2D eigenvalue weighted by Crippen LogP contribution is 2.28. The highest BCUT2D eigenvalue weighted by molar-refractivity contribution is 5.92. The van der Waals surface area contributed by atoms with Crippen molar-refractivity contribution in [2.24, 2.45) is 0 Å². The first-order valence-electron chi connectivity index (χ1n) is 7.39. The standard InChI is InChI=1S/C18H20O4/c1-3-11-22-15-8-5-13(6-9-15)14-7-10-16(18(19)20)17(12-14)21-4-2/h5-10,12H,3-4,11H2,1-2H3,(H,19,20). The minimum Gasteiger partial charge on any atom is -0.494 e. The SMILES string of the molecule is CCCOc1ccc(-c2ccc(C(=O)O)c(OCC)c2)cc1. The van der Waals surface area contributed by atoms with E-state index in [9.17, 15) is 9.90 Å². The highest BCUT2D eigenvalue weighted by atomic mass is 16.5. The molecule has 4 heteroatoms. The summed E-state index contributed by atoms with van der Waals surface area (Å²) in [6, 6.07) is 12.9. The molecule has 0 aliphatic rings. The van der Waals surface area contributed by atoms with Gasteiger partial charge in [0.05, 0.1) is 13.2 Å². The Labute approximate surface area is 130 Å². The Balaban J connectivity index is 2.28. The quantitative estimate of drug-likeness (QED) is 0.831. The second-order valence-electron chi connectivity index (χ2n) is 4.82. The highest BCUT2D eigenvalue weighted by Gasteiger charge is 2.12. The Morgan fingerprint density at radius 1 is 1.00 bits per heavy atom.